The highest BCUT2D eigenvalue weighted by molar-refractivity contribution is 6.30. The van der Waals surface area contributed by atoms with Gasteiger partial charge in [0.1, 0.15) is 0 Å². The van der Waals surface area contributed by atoms with Crippen molar-refractivity contribution in [3.63, 3.8) is 0 Å². The number of carbonyl (C=O) groups excluding carboxylic acids is 1. The van der Waals surface area contributed by atoms with Gasteiger partial charge in [-0.2, -0.15) is 0 Å². The number of ether oxygens (including phenoxy) is 2. The standard InChI is InChI=1S/C40H43ClN2O7/c41-34-14-12-33(13-15-34)40(48)18-20-43(21-19-40)25-35-23-36(30-6-4-27(26-44)5-7-30)50-39(49-35)31-10-8-29(9-11-31)32-3-1-2-28(22-32)24-42-37(45)16-17-38(46)47/h1-15,22,35-36,39,44,48H,16-21,23-26H2,(H,42,45)(H,46,47)/t35-,36+,39+/m0/s1. The highest BCUT2D eigenvalue weighted by atomic mass is 35.5. The Morgan fingerprint density at radius 2 is 1.54 bits per heavy atom. The first-order chi connectivity index (χ1) is 24.2. The van der Waals surface area contributed by atoms with Crippen LogP contribution in [-0.4, -0.2) is 57.8 Å². The van der Waals surface area contributed by atoms with E-state index in [0.717, 1.165) is 52.0 Å². The van der Waals surface area contributed by atoms with Crippen LogP contribution in [0.25, 0.3) is 11.1 Å². The first-order valence-corrected chi connectivity index (χ1v) is 17.4. The molecule has 0 saturated carbocycles. The molecule has 2 fully saturated rings. The maximum Gasteiger partial charge on any atom is 0.303 e. The number of amides is 1. The summed E-state index contributed by atoms with van der Waals surface area (Å²) in [6, 6.07) is 31.3. The first kappa shape index (κ1) is 35.7. The van der Waals surface area contributed by atoms with Crippen LogP contribution >= 0.6 is 11.6 Å². The minimum absolute atomic E-state index is 0.0197. The summed E-state index contributed by atoms with van der Waals surface area (Å²) >= 11 is 6.08. The number of aliphatic hydroxyl groups is 2. The fourth-order valence-electron chi connectivity index (χ4n) is 6.68. The van der Waals surface area contributed by atoms with Crippen LogP contribution in [0.3, 0.4) is 0 Å². The third-order valence-corrected chi connectivity index (χ3v) is 9.89. The Morgan fingerprint density at radius 3 is 2.22 bits per heavy atom. The van der Waals surface area contributed by atoms with Gasteiger partial charge in [0.15, 0.2) is 6.29 Å². The van der Waals surface area contributed by atoms with E-state index in [4.69, 9.17) is 26.2 Å². The molecule has 4 N–H and O–H groups in total. The molecule has 0 bridgehead atoms. The number of piperidine rings is 1. The monoisotopic (exact) mass is 698 g/mol. The van der Waals surface area contributed by atoms with Crippen LogP contribution in [0.5, 0.6) is 0 Å². The molecule has 262 valence electrons. The number of hydrogen-bond donors (Lipinski definition) is 4. The van der Waals surface area contributed by atoms with Gasteiger partial charge in [0.25, 0.3) is 0 Å². The summed E-state index contributed by atoms with van der Waals surface area (Å²) in [6.07, 6.45) is 0.754. The summed E-state index contributed by atoms with van der Waals surface area (Å²) in [4.78, 5) is 25.1. The number of nitrogens with one attached hydrogen (secondary N) is 1. The number of carboxylic acid groups (broad SMARTS) is 1. The Balaban J connectivity index is 1.13. The number of nitrogens with zero attached hydrogens (tertiary/aromatic N) is 1. The maximum absolute atomic E-state index is 12.0. The summed E-state index contributed by atoms with van der Waals surface area (Å²) in [5.74, 6) is -1.29. The number of benzene rings is 4. The maximum atomic E-state index is 12.0. The predicted octanol–water partition coefficient (Wildman–Crippen LogP) is 6.51. The molecule has 4 aromatic rings. The topological polar surface area (TPSA) is 129 Å². The number of carbonyl (C=O) groups is 2. The van der Waals surface area contributed by atoms with E-state index >= 15 is 0 Å². The fraction of sp³-hybridized carbons (Fsp3) is 0.350. The molecule has 0 radical (unpaired) electrons. The van der Waals surface area contributed by atoms with Gasteiger partial charge in [-0.25, -0.2) is 0 Å². The van der Waals surface area contributed by atoms with E-state index in [0.29, 0.717) is 37.4 Å². The Bertz CT molecular complexity index is 1740. The molecule has 2 saturated heterocycles. The van der Waals surface area contributed by atoms with Gasteiger partial charge in [-0.15, -0.1) is 0 Å². The molecule has 2 aliphatic heterocycles. The lowest BCUT2D eigenvalue weighted by molar-refractivity contribution is -0.253. The zero-order valence-electron chi connectivity index (χ0n) is 27.8. The Morgan fingerprint density at radius 1 is 0.840 bits per heavy atom. The normalized spacial score (nSPS) is 20.7. The van der Waals surface area contributed by atoms with Crippen LogP contribution < -0.4 is 5.32 Å². The molecule has 2 aliphatic rings. The lowest BCUT2D eigenvalue weighted by Gasteiger charge is -2.42. The molecule has 0 unspecified atom stereocenters. The summed E-state index contributed by atoms with van der Waals surface area (Å²) in [5, 5.41) is 33.2. The number of rotatable bonds is 12. The van der Waals surface area contributed by atoms with Crippen molar-refractivity contribution in [1.82, 2.24) is 10.2 Å². The molecular weight excluding hydrogens is 656 g/mol. The van der Waals surface area contributed by atoms with Gasteiger partial charge in [-0.1, -0.05) is 90.5 Å². The van der Waals surface area contributed by atoms with Crippen molar-refractivity contribution >= 4 is 23.5 Å². The van der Waals surface area contributed by atoms with Crippen LogP contribution in [0.4, 0.5) is 0 Å². The SMILES string of the molecule is O=C(O)CCC(=O)NCc1cccc(-c2ccc([C@@H]3O[C@H](CN4CCC(O)(c5ccc(Cl)cc5)CC4)C[C@H](c4ccc(CO)cc4)O3)cc2)c1. The third kappa shape index (κ3) is 9.17. The molecule has 6 rings (SSSR count). The second-order valence-corrected chi connectivity index (χ2v) is 13.6. The molecule has 50 heavy (non-hydrogen) atoms. The van der Waals surface area contributed by atoms with Crippen molar-refractivity contribution in [3.05, 3.63) is 130 Å². The molecule has 10 heteroatoms. The smallest absolute Gasteiger partial charge is 0.303 e. The molecule has 0 aromatic heterocycles. The zero-order valence-corrected chi connectivity index (χ0v) is 28.6. The van der Waals surface area contributed by atoms with Gasteiger partial charge >= 0.3 is 5.97 Å². The summed E-state index contributed by atoms with van der Waals surface area (Å²) < 4.78 is 13.2. The molecule has 9 nitrogen and oxygen atoms in total. The minimum atomic E-state index is -0.996. The molecule has 0 aliphatic carbocycles. The first-order valence-electron chi connectivity index (χ1n) is 17.1. The molecule has 1 amide bonds. The Kier molecular flexibility index (Phi) is 11.6. The number of halogens is 1. The van der Waals surface area contributed by atoms with E-state index < -0.39 is 17.9 Å². The van der Waals surface area contributed by atoms with Crippen molar-refractivity contribution in [2.75, 3.05) is 19.6 Å². The van der Waals surface area contributed by atoms with Gasteiger partial charge in [-0.3, -0.25) is 9.59 Å². The minimum Gasteiger partial charge on any atom is -0.481 e. The average Bonchev–Trinajstić information content (AvgIpc) is 3.14. The van der Waals surface area contributed by atoms with Crippen molar-refractivity contribution in [2.45, 2.75) is 69.4 Å². The second kappa shape index (κ2) is 16.3. The van der Waals surface area contributed by atoms with Crippen LogP contribution in [0.2, 0.25) is 5.02 Å². The molecule has 0 spiro atoms. The van der Waals surface area contributed by atoms with Gasteiger partial charge in [0.05, 0.1) is 30.8 Å². The largest absolute Gasteiger partial charge is 0.481 e. The number of likely N-dealkylation sites (tertiary alicyclic amines) is 1. The van der Waals surface area contributed by atoms with Gasteiger partial charge < -0.3 is 35.0 Å². The second-order valence-electron chi connectivity index (χ2n) is 13.2. The van der Waals surface area contributed by atoms with Crippen LogP contribution in [0.1, 0.15) is 72.3 Å². The van der Waals surface area contributed by atoms with Crippen molar-refractivity contribution in [3.8, 4) is 11.1 Å². The summed E-state index contributed by atoms with van der Waals surface area (Å²) in [5.41, 5.74) is 5.68. The molecule has 2 heterocycles. The lowest BCUT2D eigenvalue weighted by Crippen LogP contribution is -2.46. The summed E-state index contributed by atoms with van der Waals surface area (Å²) in [7, 11) is 0. The van der Waals surface area contributed by atoms with E-state index in [1.54, 1.807) is 0 Å². The van der Waals surface area contributed by atoms with Gasteiger partial charge in [0.2, 0.25) is 5.91 Å². The molecule has 3 atom stereocenters. The molecule has 4 aromatic carbocycles. The van der Waals surface area contributed by atoms with E-state index in [2.05, 4.69) is 10.2 Å². The lowest BCUT2D eigenvalue weighted by atomic mass is 9.84. The summed E-state index contributed by atoms with van der Waals surface area (Å²) in [6.45, 7) is 2.47. The number of carboxylic acids is 1. The quantitative estimate of drug-likeness (QED) is 0.132. The van der Waals surface area contributed by atoms with E-state index in [1.807, 2.05) is 97.1 Å². The molecular formula is C40H43ClN2O7. The Hall–Kier alpha value is -4.09. The van der Waals surface area contributed by atoms with E-state index in [-0.39, 0.29) is 37.6 Å². The highest BCUT2D eigenvalue weighted by Crippen LogP contribution is 2.40. The van der Waals surface area contributed by atoms with Crippen molar-refractivity contribution in [2.24, 2.45) is 0 Å². The number of aliphatic carboxylic acids is 1. The van der Waals surface area contributed by atoms with Crippen molar-refractivity contribution < 1.29 is 34.4 Å². The number of hydrogen-bond acceptors (Lipinski definition) is 7. The van der Waals surface area contributed by atoms with E-state index in [9.17, 15) is 19.8 Å². The van der Waals surface area contributed by atoms with Crippen LogP contribution in [0, 0.1) is 0 Å². The van der Waals surface area contributed by atoms with E-state index in [1.165, 1.54) is 0 Å². The highest BCUT2D eigenvalue weighted by Gasteiger charge is 2.37. The average molecular weight is 699 g/mol. The van der Waals surface area contributed by atoms with Crippen LogP contribution in [0.15, 0.2) is 97.1 Å². The van der Waals surface area contributed by atoms with Crippen LogP contribution in [-0.2, 0) is 37.8 Å². The fourth-order valence-corrected chi connectivity index (χ4v) is 6.80. The Labute approximate surface area is 297 Å². The zero-order chi connectivity index (χ0) is 35.1. The van der Waals surface area contributed by atoms with Gasteiger partial charge in [0, 0.05) is 49.6 Å². The third-order valence-electron chi connectivity index (χ3n) is 9.64. The van der Waals surface area contributed by atoms with Gasteiger partial charge in [-0.05, 0) is 64.4 Å². The number of aliphatic hydroxyl groups excluding tert-OH is 1. The van der Waals surface area contributed by atoms with Crippen molar-refractivity contribution in [1.29, 1.82) is 0 Å². The predicted molar refractivity (Wildman–Crippen MR) is 190 cm³/mol.